The molecule has 1 saturated heterocycles. The van der Waals surface area contributed by atoms with Gasteiger partial charge < -0.3 is 15.0 Å². The Labute approximate surface area is 169 Å². The molecule has 7 nitrogen and oxygen atoms in total. The van der Waals surface area contributed by atoms with Gasteiger partial charge in [0.05, 0.1) is 13.2 Å². The first-order valence-corrected chi connectivity index (χ1v) is 9.64. The molecule has 0 spiro atoms. The molecule has 0 saturated carbocycles. The highest BCUT2D eigenvalue weighted by Crippen LogP contribution is 2.24. The molecule has 3 heterocycles. The van der Waals surface area contributed by atoms with E-state index >= 15 is 0 Å². The molecule has 29 heavy (non-hydrogen) atoms. The van der Waals surface area contributed by atoms with Crippen molar-refractivity contribution in [2.24, 2.45) is 0 Å². The number of nitrogens with zero attached hydrogens (tertiary/aromatic N) is 4. The largest absolute Gasteiger partial charge is 0.378 e. The highest BCUT2D eigenvalue weighted by atomic mass is 16.5. The van der Waals surface area contributed by atoms with Gasteiger partial charge in [-0.05, 0) is 30.7 Å². The van der Waals surface area contributed by atoms with Gasteiger partial charge in [0.25, 0.3) is 5.91 Å². The lowest BCUT2D eigenvalue weighted by molar-refractivity contribution is 0.0948. The van der Waals surface area contributed by atoms with E-state index in [1.54, 1.807) is 18.6 Å². The summed E-state index contributed by atoms with van der Waals surface area (Å²) >= 11 is 0. The Hall–Kier alpha value is -3.32. The predicted octanol–water partition coefficient (Wildman–Crippen LogP) is 2.61. The molecule has 0 atom stereocenters. The van der Waals surface area contributed by atoms with Crippen LogP contribution in [0.15, 0.2) is 55.0 Å². The zero-order valence-corrected chi connectivity index (χ0v) is 16.3. The fraction of sp³-hybridized carbons (Fsp3) is 0.273. The maximum Gasteiger partial charge on any atom is 0.256 e. The molecule has 1 aliphatic rings. The van der Waals surface area contributed by atoms with Crippen molar-refractivity contribution in [3.05, 3.63) is 71.7 Å². The minimum atomic E-state index is -0.195. The van der Waals surface area contributed by atoms with Crippen molar-refractivity contribution >= 4 is 11.7 Å². The van der Waals surface area contributed by atoms with Crippen molar-refractivity contribution in [2.45, 2.75) is 13.5 Å². The van der Waals surface area contributed by atoms with Gasteiger partial charge in [-0.2, -0.15) is 0 Å². The van der Waals surface area contributed by atoms with E-state index in [0.717, 1.165) is 16.7 Å². The molecule has 1 N–H and O–H groups in total. The summed E-state index contributed by atoms with van der Waals surface area (Å²) in [7, 11) is 0. The number of morpholine rings is 1. The average molecular weight is 389 g/mol. The van der Waals surface area contributed by atoms with Crippen molar-refractivity contribution in [3.63, 3.8) is 0 Å². The summed E-state index contributed by atoms with van der Waals surface area (Å²) in [6.45, 7) is 5.06. The van der Waals surface area contributed by atoms with Crippen LogP contribution in [0.3, 0.4) is 0 Å². The standard InChI is InChI=1S/C22H23N5O2/c1-16-3-2-4-18(13-16)20-24-15-19(21(26-20)27-9-11-29-12-10-27)22(28)25-14-17-5-7-23-8-6-17/h2-8,13,15H,9-12,14H2,1H3,(H,25,28). The Morgan fingerprint density at radius 3 is 2.72 bits per heavy atom. The van der Waals surface area contributed by atoms with E-state index in [1.807, 2.05) is 43.3 Å². The van der Waals surface area contributed by atoms with Crippen molar-refractivity contribution < 1.29 is 9.53 Å². The molecule has 0 aliphatic carbocycles. The smallest absolute Gasteiger partial charge is 0.256 e. The number of benzene rings is 1. The molecular weight excluding hydrogens is 366 g/mol. The first kappa shape index (κ1) is 19.0. The van der Waals surface area contributed by atoms with E-state index in [9.17, 15) is 4.79 Å². The fourth-order valence-electron chi connectivity index (χ4n) is 3.25. The molecule has 0 bridgehead atoms. The lowest BCUT2D eigenvalue weighted by atomic mass is 10.1. The number of aryl methyl sites for hydroxylation is 1. The van der Waals surface area contributed by atoms with Gasteiger partial charge in [-0.3, -0.25) is 9.78 Å². The molecule has 148 valence electrons. The normalized spacial score (nSPS) is 13.9. The Bertz CT molecular complexity index is 988. The van der Waals surface area contributed by atoms with Crippen molar-refractivity contribution in [2.75, 3.05) is 31.2 Å². The third kappa shape index (κ3) is 4.57. The lowest BCUT2D eigenvalue weighted by Crippen LogP contribution is -2.38. The van der Waals surface area contributed by atoms with E-state index in [4.69, 9.17) is 9.72 Å². The van der Waals surface area contributed by atoms with Gasteiger partial charge in [-0.1, -0.05) is 23.8 Å². The van der Waals surface area contributed by atoms with Crippen LogP contribution in [0.4, 0.5) is 5.82 Å². The van der Waals surface area contributed by atoms with E-state index in [1.165, 1.54) is 0 Å². The van der Waals surface area contributed by atoms with Gasteiger partial charge in [-0.25, -0.2) is 9.97 Å². The molecule has 0 radical (unpaired) electrons. The summed E-state index contributed by atoms with van der Waals surface area (Å²) < 4.78 is 5.47. The summed E-state index contributed by atoms with van der Waals surface area (Å²) in [5.74, 6) is 1.06. The molecular formula is C22H23N5O2. The van der Waals surface area contributed by atoms with Gasteiger partial charge in [0, 0.05) is 43.8 Å². The highest BCUT2D eigenvalue weighted by molar-refractivity contribution is 5.98. The summed E-state index contributed by atoms with van der Waals surface area (Å²) in [4.78, 5) is 28.3. The van der Waals surface area contributed by atoms with Gasteiger partial charge >= 0.3 is 0 Å². The number of rotatable bonds is 5. The molecule has 2 aromatic heterocycles. The van der Waals surface area contributed by atoms with Crippen molar-refractivity contribution in [1.29, 1.82) is 0 Å². The number of aromatic nitrogens is 3. The molecule has 1 aliphatic heterocycles. The number of amides is 1. The third-order valence-electron chi connectivity index (χ3n) is 4.80. The summed E-state index contributed by atoms with van der Waals surface area (Å²) in [6, 6.07) is 11.8. The van der Waals surface area contributed by atoms with E-state index in [0.29, 0.717) is 50.1 Å². The number of carbonyl (C=O) groups excluding carboxylic acids is 1. The van der Waals surface area contributed by atoms with Crippen LogP contribution in [-0.4, -0.2) is 47.2 Å². The molecule has 1 aromatic carbocycles. The number of ether oxygens (including phenoxy) is 1. The van der Waals surface area contributed by atoms with Gasteiger partial charge in [0.2, 0.25) is 0 Å². The maximum absolute atomic E-state index is 12.9. The quantitative estimate of drug-likeness (QED) is 0.723. The third-order valence-corrected chi connectivity index (χ3v) is 4.80. The number of hydrogen-bond donors (Lipinski definition) is 1. The Morgan fingerprint density at radius 1 is 1.17 bits per heavy atom. The van der Waals surface area contributed by atoms with E-state index in [-0.39, 0.29) is 5.91 Å². The number of carbonyl (C=O) groups is 1. The second-order valence-electron chi connectivity index (χ2n) is 6.94. The molecule has 3 aromatic rings. The van der Waals surface area contributed by atoms with Crippen LogP contribution in [-0.2, 0) is 11.3 Å². The number of hydrogen-bond acceptors (Lipinski definition) is 6. The second kappa shape index (κ2) is 8.79. The number of nitrogens with one attached hydrogen (secondary N) is 1. The molecule has 1 fully saturated rings. The first-order valence-electron chi connectivity index (χ1n) is 9.64. The van der Waals surface area contributed by atoms with Crippen molar-refractivity contribution in [1.82, 2.24) is 20.3 Å². The zero-order valence-electron chi connectivity index (χ0n) is 16.3. The van der Waals surface area contributed by atoms with Crippen LogP contribution in [0, 0.1) is 6.92 Å². The van der Waals surface area contributed by atoms with E-state index in [2.05, 4.69) is 20.2 Å². The summed E-state index contributed by atoms with van der Waals surface area (Å²) in [5, 5.41) is 2.96. The predicted molar refractivity (Wildman–Crippen MR) is 111 cm³/mol. The molecule has 7 heteroatoms. The Morgan fingerprint density at radius 2 is 1.97 bits per heavy atom. The minimum absolute atomic E-state index is 0.195. The summed E-state index contributed by atoms with van der Waals surface area (Å²) in [6.07, 6.45) is 5.04. The topological polar surface area (TPSA) is 80.2 Å². The number of pyridine rings is 1. The Balaban J connectivity index is 1.63. The SMILES string of the molecule is Cc1cccc(-c2ncc(C(=O)NCc3ccncc3)c(N3CCOCC3)n2)c1. The van der Waals surface area contributed by atoms with Crippen molar-refractivity contribution in [3.8, 4) is 11.4 Å². The number of anilines is 1. The molecule has 0 unspecified atom stereocenters. The fourth-order valence-corrected chi connectivity index (χ4v) is 3.25. The van der Waals surface area contributed by atoms with Crippen LogP contribution in [0.25, 0.3) is 11.4 Å². The maximum atomic E-state index is 12.9. The lowest BCUT2D eigenvalue weighted by Gasteiger charge is -2.29. The molecule has 4 rings (SSSR count). The van der Waals surface area contributed by atoms with Crippen LogP contribution in [0.5, 0.6) is 0 Å². The zero-order chi connectivity index (χ0) is 20.1. The van der Waals surface area contributed by atoms with Gasteiger partial charge in [-0.15, -0.1) is 0 Å². The average Bonchev–Trinajstić information content (AvgIpc) is 2.78. The minimum Gasteiger partial charge on any atom is -0.378 e. The second-order valence-corrected chi connectivity index (χ2v) is 6.94. The van der Waals surface area contributed by atoms with E-state index < -0.39 is 0 Å². The van der Waals surface area contributed by atoms with Gasteiger partial charge in [0.1, 0.15) is 11.4 Å². The molecule has 1 amide bonds. The summed E-state index contributed by atoms with van der Waals surface area (Å²) in [5.41, 5.74) is 3.53. The van der Waals surface area contributed by atoms with Crippen LogP contribution >= 0.6 is 0 Å². The van der Waals surface area contributed by atoms with Crippen LogP contribution in [0.1, 0.15) is 21.5 Å². The van der Waals surface area contributed by atoms with Gasteiger partial charge in [0.15, 0.2) is 5.82 Å². The van der Waals surface area contributed by atoms with Crippen LogP contribution in [0.2, 0.25) is 0 Å². The monoisotopic (exact) mass is 389 g/mol. The van der Waals surface area contributed by atoms with Crippen LogP contribution < -0.4 is 10.2 Å². The highest BCUT2D eigenvalue weighted by Gasteiger charge is 2.22. The Kier molecular flexibility index (Phi) is 5.76. The first-order chi connectivity index (χ1) is 14.2.